The van der Waals surface area contributed by atoms with Crippen LogP contribution in [0.4, 0.5) is 0 Å². The molecule has 3 aromatic rings. The van der Waals surface area contributed by atoms with Gasteiger partial charge in [-0.05, 0) is 30.2 Å². The molecule has 0 aliphatic rings. The number of ether oxygens (including phenoxy) is 1. The zero-order valence-corrected chi connectivity index (χ0v) is 13.8. The van der Waals surface area contributed by atoms with Crippen molar-refractivity contribution < 1.29 is 13.9 Å². The first kappa shape index (κ1) is 16.3. The second-order valence-corrected chi connectivity index (χ2v) is 5.78. The van der Waals surface area contributed by atoms with E-state index in [0.29, 0.717) is 11.1 Å². The lowest BCUT2D eigenvalue weighted by Crippen LogP contribution is -2.09. The first-order chi connectivity index (χ1) is 11.6. The van der Waals surface area contributed by atoms with E-state index in [-0.39, 0.29) is 10.8 Å². The SMILES string of the molecule is CCCc1cc(=O)oc2cc(OC(=O)c3ccccc3)c(Cl)cc12. The third kappa shape index (κ3) is 3.34. The van der Waals surface area contributed by atoms with Crippen LogP contribution in [0, 0.1) is 0 Å². The van der Waals surface area contributed by atoms with Crippen molar-refractivity contribution in [1.82, 2.24) is 0 Å². The molecule has 0 atom stereocenters. The highest BCUT2D eigenvalue weighted by atomic mass is 35.5. The molecule has 0 bridgehead atoms. The molecule has 4 nitrogen and oxygen atoms in total. The van der Waals surface area contributed by atoms with Crippen LogP contribution in [0.25, 0.3) is 11.0 Å². The Kier molecular flexibility index (Phi) is 4.67. The normalized spacial score (nSPS) is 10.8. The van der Waals surface area contributed by atoms with E-state index < -0.39 is 11.6 Å². The van der Waals surface area contributed by atoms with Gasteiger partial charge in [-0.15, -0.1) is 0 Å². The summed E-state index contributed by atoms with van der Waals surface area (Å²) in [5.74, 6) is -0.362. The van der Waals surface area contributed by atoms with Crippen molar-refractivity contribution in [3.8, 4) is 5.75 Å². The monoisotopic (exact) mass is 342 g/mol. The van der Waals surface area contributed by atoms with E-state index in [1.807, 2.05) is 13.0 Å². The summed E-state index contributed by atoms with van der Waals surface area (Å²) in [6.07, 6.45) is 1.63. The number of hydrogen-bond acceptors (Lipinski definition) is 4. The summed E-state index contributed by atoms with van der Waals surface area (Å²) in [5, 5.41) is 1.04. The summed E-state index contributed by atoms with van der Waals surface area (Å²) in [6, 6.07) is 13.2. The maximum atomic E-state index is 12.2. The highest BCUT2D eigenvalue weighted by Crippen LogP contribution is 2.32. The lowest BCUT2D eigenvalue weighted by atomic mass is 10.1. The van der Waals surface area contributed by atoms with Gasteiger partial charge in [-0.2, -0.15) is 0 Å². The molecule has 0 fully saturated rings. The van der Waals surface area contributed by atoms with Gasteiger partial charge in [-0.3, -0.25) is 0 Å². The maximum Gasteiger partial charge on any atom is 0.343 e. The quantitative estimate of drug-likeness (QED) is 0.394. The van der Waals surface area contributed by atoms with E-state index in [2.05, 4.69) is 0 Å². The van der Waals surface area contributed by atoms with E-state index in [9.17, 15) is 9.59 Å². The van der Waals surface area contributed by atoms with Crippen LogP contribution < -0.4 is 10.4 Å². The van der Waals surface area contributed by atoms with Crippen molar-refractivity contribution in [3.63, 3.8) is 0 Å². The van der Waals surface area contributed by atoms with Gasteiger partial charge in [0.25, 0.3) is 0 Å². The molecule has 5 heteroatoms. The van der Waals surface area contributed by atoms with Gasteiger partial charge in [0.1, 0.15) is 5.58 Å². The Morgan fingerprint density at radius 1 is 1.17 bits per heavy atom. The van der Waals surface area contributed by atoms with Crippen molar-refractivity contribution >= 4 is 28.5 Å². The fourth-order valence-electron chi connectivity index (χ4n) is 2.52. The maximum absolute atomic E-state index is 12.2. The molecule has 0 radical (unpaired) electrons. The molecule has 0 aliphatic heterocycles. The van der Waals surface area contributed by atoms with Gasteiger partial charge in [-0.25, -0.2) is 9.59 Å². The Morgan fingerprint density at radius 2 is 1.92 bits per heavy atom. The molecule has 0 saturated carbocycles. The fraction of sp³-hybridized carbons (Fsp3) is 0.158. The average molecular weight is 343 g/mol. The summed E-state index contributed by atoms with van der Waals surface area (Å²) in [7, 11) is 0. The molecule has 0 saturated heterocycles. The largest absolute Gasteiger partial charge is 0.423 e. The van der Waals surface area contributed by atoms with Crippen LogP contribution in [0.3, 0.4) is 0 Å². The predicted molar refractivity (Wildman–Crippen MR) is 92.9 cm³/mol. The molecule has 2 aromatic carbocycles. The van der Waals surface area contributed by atoms with E-state index in [0.717, 1.165) is 23.8 Å². The van der Waals surface area contributed by atoms with Gasteiger partial charge in [0, 0.05) is 17.5 Å². The first-order valence-corrected chi connectivity index (χ1v) is 8.00. The number of halogens is 1. The summed E-state index contributed by atoms with van der Waals surface area (Å²) in [6.45, 7) is 2.03. The van der Waals surface area contributed by atoms with Crippen molar-refractivity contribution in [2.24, 2.45) is 0 Å². The molecule has 0 aliphatic carbocycles. The third-order valence-corrected chi connectivity index (χ3v) is 3.91. The fourth-order valence-corrected chi connectivity index (χ4v) is 2.72. The molecule has 122 valence electrons. The highest BCUT2D eigenvalue weighted by Gasteiger charge is 2.14. The van der Waals surface area contributed by atoms with Crippen LogP contribution in [0.15, 0.2) is 57.7 Å². The van der Waals surface area contributed by atoms with Crippen LogP contribution in [-0.4, -0.2) is 5.97 Å². The first-order valence-electron chi connectivity index (χ1n) is 7.62. The second kappa shape index (κ2) is 6.89. The molecule has 0 spiro atoms. The summed E-state index contributed by atoms with van der Waals surface area (Å²) in [5.41, 5.74) is 1.20. The molecule has 1 aromatic heterocycles. The van der Waals surface area contributed by atoms with E-state index in [4.69, 9.17) is 20.8 Å². The Bertz CT molecular complexity index is 945. The van der Waals surface area contributed by atoms with Gasteiger partial charge in [-0.1, -0.05) is 43.1 Å². The second-order valence-electron chi connectivity index (χ2n) is 5.38. The zero-order valence-electron chi connectivity index (χ0n) is 13.0. The predicted octanol–water partition coefficient (Wildman–Crippen LogP) is 4.62. The molecule has 0 N–H and O–H groups in total. The molecule has 0 amide bonds. The Morgan fingerprint density at radius 3 is 2.62 bits per heavy atom. The molecule has 0 unspecified atom stereocenters. The Hall–Kier alpha value is -2.59. The third-order valence-electron chi connectivity index (χ3n) is 3.61. The molecule has 3 rings (SSSR count). The Labute approximate surface area is 143 Å². The molecular weight excluding hydrogens is 328 g/mol. The van der Waals surface area contributed by atoms with E-state index in [1.165, 1.54) is 12.1 Å². The average Bonchev–Trinajstić information content (AvgIpc) is 2.57. The van der Waals surface area contributed by atoms with Crippen LogP contribution >= 0.6 is 11.6 Å². The lowest BCUT2D eigenvalue weighted by molar-refractivity contribution is 0.0735. The number of rotatable bonds is 4. The summed E-state index contributed by atoms with van der Waals surface area (Å²) >= 11 is 6.25. The minimum atomic E-state index is -0.524. The minimum absolute atomic E-state index is 0.162. The van der Waals surface area contributed by atoms with Gasteiger partial charge < -0.3 is 9.15 Å². The smallest absolute Gasteiger partial charge is 0.343 e. The van der Waals surface area contributed by atoms with Crippen LogP contribution in [0.5, 0.6) is 5.75 Å². The topological polar surface area (TPSA) is 56.5 Å². The highest BCUT2D eigenvalue weighted by molar-refractivity contribution is 6.33. The number of benzene rings is 2. The van der Waals surface area contributed by atoms with Crippen molar-refractivity contribution in [2.75, 3.05) is 0 Å². The molecular formula is C19H15ClO4. The van der Waals surface area contributed by atoms with Crippen molar-refractivity contribution in [1.29, 1.82) is 0 Å². The van der Waals surface area contributed by atoms with Crippen LogP contribution in [-0.2, 0) is 6.42 Å². The number of esters is 1. The summed E-state index contributed by atoms with van der Waals surface area (Å²) < 4.78 is 10.6. The number of carbonyl (C=O) groups excluding carboxylic acids is 1. The van der Waals surface area contributed by atoms with Crippen LogP contribution in [0.1, 0.15) is 29.3 Å². The summed E-state index contributed by atoms with van der Waals surface area (Å²) in [4.78, 5) is 23.9. The van der Waals surface area contributed by atoms with Gasteiger partial charge >= 0.3 is 11.6 Å². The van der Waals surface area contributed by atoms with E-state index in [1.54, 1.807) is 30.3 Å². The van der Waals surface area contributed by atoms with Gasteiger partial charge in [0.05, 0.1) is 10.6 Å². The van der Waals surface area contributed by atoms with Crippen molar-refractivity contribution in [3.05, 3.63) is 75.1 Å². The molecule has 24 heavy (non-hydrogen) atoms. The van der Waals surface area contributed by atoms with Crippen molar-refractivity contribution in [2.45, 2.75) is 19.8 Å². The lowest BCUT2D eigenvalue weighted by Gasteiger charge is -2.09. The standard InChI is InChI=1S/C19H15ClO4/c1-2-6-13-9-18(21)23-16-11-17(15(20)10-14(13)16)24-19(22)12-7-4-3-5-8-12/h3-5,7-11H,2,6H2,1H3. The number of fused-ring (bicyclic) bond motifs is 1. The number of hydrogen-bond donors (Lipinski definition) is 0. The Balaban J connectivity index is 2.02. The van der Waals surface area contributed by atoms with Gasteiger partial charge in [0.15, 0.2) is 5.75 Å². The van der Waals surface area contributed by atoms with E-state index >= 15 is 0 Å². The number of aryl methyl sites for hydroxylation is 1. The zero-order chi connectivity index (χ0) is 17.1. The molecule has 1 heterocycles. The minimum Gasteiger partial charge on any atom is -0.423 e. The van der Waals surface area contributed by atoms with Crippen LogP contribution in [0.2, 0.25) is 5.02 Å². The van der Waals surface area contributed by atoms with Gasteiger partial charge in [0.2, 0.25) is 0 Å². The number of carbonyl (C=O) groups is 1.